The summed E-state index contributed by atoms with van der Waals surface area (Å²) in [6, 6.07) is 17.7. The third kappa shape index (κ3) is 2.75. The number of hydrogen-bond donors (Lipinski definition) is 0. The molecular weight excluding hydrogens is 266 g/mol. The Morgan fingerprint density at radius 1 is 0.762 bits per heavy atom. The van der Waals surface area contributed by atoms with Crippen LogP contribution in [0.2, 0.25) is 0 Å². The molecule has 0 atom stereocenters. The lowest BCUT2D eigenvalue weighted by atomic mass is 10.3. The standard InChI is InChI=1S/C15H15N5.H2O/c1-19-13-10-6-7-11-14(13)20(2)15(19)17-18-16-12-8-4-3-5-9-12;/h3-11H,1-2H3;1H2. The van der Waals surface area contributed by atoms with Crippen molar-refractivity contribution in [3.63, 3.8) is 0 Å². The summed E-state index contributed by atoms with van der Waals surface area (Å²) >= 11 is 0. The van der Waals surface area contributed by atoms with E-state index < -0.39 is 0 Å². The Morgan fingerprint density at radius 2 is 1.29 bits per heavy atom. The Morgan fingerprint density at radius 3 is 1.86 bits per heavy atom. The van der Waals surface area contributed by atoms with Crippen LogP contribution in [-0.2, 0) is 14.1 Å². The van der Waals surface area contributed by atoms with Crippen molar-refractivity contribution in [2.45, 2.75) is 0 Å². The van der Waals surface area contributed by atoms with Gasteiger partial charge in [0.25, 0.3) is 0 Å². The van der Waals surface area contributed by atoms with E-state index >= 15 is 0 Å². The van der Waals surface area contributed by atoms with E-state index in [9.17, 15) is 0 Å². The van der Waals surface area contributed by atoms with Crippen molar-refractivity contribution in [2.75, 3.05) is 0 Å². The van der Waals surface area contributed by atoms with Crippen LogP contribution in [0.25, 0.3) is 11.0 Å². The SMILES string of the molecule is Cn1c(=NN=Nc2ccccc2)n(C)c2ccccc21.O. The Bertz CT molecular complexity index is 788. The van der Waals surface area contributed by atoms with Gasteiger partial charge >= 0.3 is 0 Å². The summed E-state index contributed by atoms with van der Waals surface area (Å²) in [7, 11) is 3.94. The molecule has 0 amide bonds. The van der Waals surface area contributed by atoms with Crippen molar-refractivity contribution < 1.29 is 5.48 Å². The van der Waals surface area contributed by atoms with Gasteiger partial charge in [-0.25, -0.2) is 0 Å². The zero-order chi connectivity index (χ0) is 13.9. The van der Waals surface area contributed by atoms with Crippen LogP contribution >= 0.6 is 0 Å². The van der Waals surface area contributed by atoms with Gasteiger partial charge in [0.1, 0.15) is 0 Å². The minimum absolute atomic E-state index is 0. The maximum atomic E-state index is 4.22. The number of para-hydroxylation sites is 2. The number of imidazole rings is 1. The van der Waals surface area contributed by atoms with Crippen molar-refractivity contribution >= 4 is 16.7 Å². The molecule has 0 aliphatic heterocycles. The first-order valence-electron chi connectivity index (χ1n) is 6.37. The van der Waals surface area contributed by atoms with Crippen molar-refractivity contribution in [2.24, 2.45) is 29.5 Å². The molecule has 0 aliphatic carbocycles. The average Bonchev–Trinajstić information content (AvgIpc) is 2.74. The largest absolute Gasteiger partial charge is 0.412 e. The quantitative estimate of drug-likeness (QED) is 0.511. The van der Waals surface area contributed by atoms with E-state index in [2.05, 4.69) is 27.6 Å². The summed E-state index contributed by atoms with van der Waals surface area (Å²) < 4.78 is 4.00. The van der Waals surface area contributed by atoms with Gasteiger partial charge in [-0.1, -0.05) is 35.4 Å². The molecule has 0 saturated heterocycles. The Labute approximate surface area is 122 Å². The summed E-state index contributed by atoms with van der Waals surface area (Å²) in [5, 5.41) is 12.2. The minimum Gasteiger partial charge on any atom is -0.412 e. The first-order chi connectivity index (χ1) is 9.77. The van der Waals surface area contributed by atoms with E-state index in [1.165, 1.54) is 0 Å². The van der Waals surface area contributed by atoms with Crippen LogP contribution in [0.4, 0.5) is 5.69 Å². The lowest BCUT2D eigenvalue weighted by molar-refractivity contribution is 0.734. The summed E-state index contributed by atoms with van der Waals surface area (Å²) in [5.41, 5.74) is 3.77. The van der Waals surface area contributed by atoms with Gasteiger partial charge in [-0.2, -0.15) is 0 Å². The third-order valence-corrected chi connectivity index (χ3v) is 3.25. The number of nitrogens with zero attached hydrogens (tertiary/aromatic N) is 5. The highest BCUT2D eigenvalue weighted by Crippen LogP contribution is 2.11. The zero-order valence-electron chi connectivity index (χ0n) is 11.9. The lowest BCUT2D eigenvalue weighted by Gasteiger charge is -1.92. The van der Waals surface area contributed by atoms with Crippen LogP contribution < -0.4 is 5.62 Å². The molecule has 2 N–H and O–H groups in total. The molecule has 108 valence electrons. The smallest absolute Gasteiger partial charge is 0.232 e. The molecule has 0 aliphatic rings. The van der Waals surface area contributed by atoms with Crippen LogP contribution in [0, 0.1) is 0 Å². The number of aromatic nitrogens is 2. The summed E-state index contributed by atoms with van der Waals surface area (Å²) in [5.74, 6) is 0. The molecule has 0 bridgehead atoms. The first-order valence-corrected chi connectivity index (χ1v) is 6.37. The number of benzene rings is 2. The fraction of sp³-hybridized carbons (Fsp3) is 0.133. The highest BCUT2D eigenvalue weighted by atomic mass is 16.0. The van der Waals surface area contributed by atoms with E-state index in [4.69, 9.17) is 0 Å². The van der Waals surface area contributed by atoms with E-state index in [0.29, 0.717) is 0 Å². The molecule has 6 heteroatoms. The molecule has 0 fully saturated rings. The fourth-order valence-corrected chi connectivity index (χ4v) is 2.21. The molecule has 2 aromatic carbocycles. The van der Waals surface area contributed by atoms with Gasteiger partial charge in [0, 0.05) is 14.1 Å². The number of rotatable bonds is 2. The van der Waals surface area contributed by atoms with E-state index in [1.54, 1.807) is 0 Å². The predicted molar refractivity (Wildman–Crippen MR) is 82.0 cm³/mol. The van der Waals surface area contributed by atoms with Gasteiger partial charge in [0.05, 0.1) is 16.7 Å². The molecule has 0 saturated carbocycles. The van der Waals surface area contributed by atoms with Crippen LogP contribution in [-0.4, -0.2) is 14.6 Å². The maximum Gasteiger partial charge on any atom is 0.232 e. The summed E-state index contributed by atoms with van der Waals surface area (Å²) in [6.07, 6.45) is 0. The second-order valence-electron chi connectivity index (χ2n) is 4.53. The number of aryl methyl sites for hydroxylation is 2. The van der Waals surface area contributed by atoms with Gasteiger partial charge in [-0.15, -0.1) is 5.11 Å². The second kappa shape index (κ2) is 6.15. The monoisotopic (exact) mass is 283 g/mol. The second-order valence-corrected chi connectivity index (χ2v) is 4.53. The van der Waals surface area contributed by atoms with Gasteiger partial charge in [0.2, 0.25) is 5.62 Å². The molecule has 6 nitrogen and oxygen atoms in total. The van der Waals surface area contributed by atoms with Crippen molar-refractivity contribution in [1.29, 1.82) is 0 Å². The third-order valence-electron chi connectivity index (χ3n) is 3.25. The highest BCUT2D eigenvalue weighted by molar-refractivity contribution is 5.75. The molecule has 3 aromatic rings. The average molecular weight is 283 g/mol. The summed E-state index contributed by atoms with van der Waals surface area (Å²) in [4.78, 5) is 0. The lowest BCUT2D eigenvalue weighted by Crippen LogP contribution is -2.21. The fourth-order valence-electron chi connectivity index (χ4n) is 2.21. The van der Waals surface area contributed by atoms with Gasteiger partial charge < -0.3 is 14.6 Å². The van der Waals surface area contributed by atoms with Crippen LogP contribution in [0.3, 0.4) is 0 Å². The molecule has 0 unspecified atom stereocenters. The van der Waals surface area contributed by atoms with Crippen LogP contribution in [0.15, 0.2) is 70.0 Å². The van der Waals surface area contributed by atoms with Gasteiger partial charge in [-0.3, -0.25) is 0 Å². The number of hydrogen-bond acceptors (Lipinski definition) is 2. The number of fused-ring (bicyclic) bond motifs is 1. The summed E-state index contributed by atoms with van der Waals surface area (Å²) in [6.45, 7) is 0. The molecule has 0 radical (unpaired) electrons. The molecule has 1 heterocycles. The molecular formula is C15H17N5O. The predicted octanol–water partition coefficient (Wildman–Crippen LogP) is 2.29. The topological polar surface area (TPSA) is 78.4 Å². The van der Waals surface area contributed by atoms with E-state index in [1.807, 2.05) is 65.7 Å². The van der Waals surface area contributed by atoms with E-state index in [0.717, 1.165) is 22.3 Å². The normalized spacial score (nSPS) is 10.8. The minimum atomic E-state index is 0. The molecule has 21 heavy (non-hydrogen) atoms. The molecule has 0 spiro atoms. The van der Waals surface area contributed by atoms with Gasteiger partial charge in [-0.05, 0) is 29.5 Å². The van der Waals surface area contributed by atoms with Crippen LogP contribution in [0.5, 0.6) is 0 Å². The zero-order valence-corrected chi connectivity index (χ0v) is 11.9. The van der Waals surface area contributed by atoms with E-state index in [-0.39, 0.29) is 5.48 Å². The van der Waals surface area contributed by atoms with Crippen molar-refractivity contribution in [3.8, 4) is 0 Å². The molecule has 3 rings (SSSR count). The van der Waals surface area contributed by atoms with Crippen molar-refractivity contribution in [1.82, 2.24) is 9.13 Å². The Balaban J connectivity index is 0.00000161. The van der Waals surface area contributed by atoms with Gasteiger partial charge in [0.15, 0.2) is 0 Å². The van der Waals surface area contributed by atoms with Crippen molar-refractivity contribution in [3.05, 3.63) is 60.2 Å². The molecule has 1 aromatic heterocycles. The Hall–Kier alpha value is -2.73. The maximum absolute atomic E-state index is 4.22. The Kier molecular flexibility index (Phi) is 4.30. The van der Waals surface area contributed by atoms with Crippen LogP contribution in [0.1, 0.15) is 0 Å². The highest BCUT2D eigenvalue weighted by Gasteiger charge is 2.04. The first kappa shape index (κ1) is 14.7.